The number of likely N-dealkylation sites (N-methyl/N-ethyl adjacent to an activating group) is 1. The minimum Gasteiger partial charge on any atom is -0.481 e. The Morgan fingerprint density at radius 1 is 1.17 bits per heavy atom. The number of fused-ring (bicyclic) bond motifs is 1. The first-order valence-electron chi connectivity index (χ1n) is 7.42. The summed E-state index contributed by atoms with van der Waals surface area (Å²) in [6.07, 6.45) is 0. The van der Waals surface area contributed by atoms with Gasteiger partial charge in [-0.05, 0) is 31.2 Å². The number of ether oxygens (including phenoxy) is 1. The number of para-hydroxylation sites is 1. The molecular formula is C18H16N2O4. The van der Waals surface area contributed by atoms with Gasteiger partial charge in [0, 0.05) is 18.3 Å². The van der Waals surface area contributed by atoms with E-state index in [1.54, 1.807) is 49.5 Å². The summed E-state index contributed by atoms with van der Waals surface area (Å²) in [4.78, 5) is 37.2. The Morgan fingerprint density at radius 3 is 2.67 bits per heavy atom. The summed E-state index contributed by atoms with van der Waals surface area (Å²) in [6, 6.07) is 11.8. The van der Waals surface area contributed by atoms with Crippen molar-refractivity contribution in [2.75, 3.05) is 23.9 Å². The number of carbonyl (C=O) groups is 3. The normalized spacial score (nSPS) is 13.1. The lowest BCUT2D eigenvalue weighted by molar-refractivity contribution is -0.121. The van der Waals surface area contributed by atoms with E-state index in [0.717, 1.165) is 0 Å². The summed E-state index contributed by atoms with van der Waals surface area (Å²) in [5, 5.41) is 2.76. The van der Waals surface area contributed by atoms with Crippen LogP contribution in [0.15, 0.2) is 42.5 Å². The molecule has 0 radical (unpaired) electrons. The highest BCUT2D eigenvalue weighted by Gasteiger charge is 2.26. The minimum absolute atomic E-state index is 0.0772. The number of nitrogens with zero attached hydrogens (tertiary/aromatic N) is 1. The average Bonchev–Trinajstić information content (AvgIpc) is 2.58. The molecule has 0 aliphatic carbocycles. The van der Waals surface area contributed by atoms with Crippen molar-refractivity contribution in [3.8, 4) is 5.75 Å². The third-order valence-corrected chi connectivity index (χ3v) is 3.84. The van der Waals surface area contributed by atoms with Crippen molar-refractivity contribution in [2.45, 2.75) is 6.92 Å². The average molecular weight is 324 g/mol. The van der Waals surface area contributed by atoms with Crippen molar-refractivity contribution < 1.29 is 19.1 Å². The molecule has 3 rings (SSSR count). The van der Waals surface area contributed by atoms with Crippen molar-refractivity contribution in [1.82, 2.24) is 0 Å². The molecule has 0 aromatic heterocycles. The quantitative estimate of drug-likeness (QED) is 0.880. The molecule has 1 heterocycles. The van der Waals surface area contributed by atoms with Crippen LogP contribution in [0, 0.1) is 0 Å². The van der Waals surface area contributed by atoms with E-state index in [1.165, 1.54) is 11.8 Å². The van der Waals surface area contributed by atoms with Gasteiger partial charge in [0.25, 0.3) is 11.8 Å². The third kappa shape index (κ3) is 2.86. The second kappa shape index (κ2) is 6.16. The molecule has 2 aromatic rings. The summed E-state index contributed by atoms with van der Waals surface area (Å²) < 4.78 is 5.45. The Labute approximate surface area is 139 Å². The van der Waals surface area contributed by atoms with E-state index in [9.17, 15) is 14.4 Å². The molecule has 6 nitrogen and oxygen atoms in total. The van der Waals surface area contributed by atoms with Crippen LogP contribution in [0.2, 0.25) is 0 Å². The number of anilines is 2. The number of rotatable bonds is 3. The lowest BCUT2D eigenvalue weighted by atomic mass is 10.1. The Hall–Kier alpha value is -3.15. The number of carbonyl (C=O) groups excluding carboxylic acids is 3. The van der Waals surface area contributed by atoms with Crippen LogP contribution >= 0.6 is 0 Å². The Kier molecular flexibility index (Phi) is 4.04. The van der Waals surface area contributed by atoms with Crippen molar-refractivity contribution in [3.63, 3.8) is 0 Å². The molecule has 0 saturated carbocycles. The molecule has 0 atom stereocenters. The van der Waals surface area contributed by atoms with Crippen LogP contribution in [0.5, 0.6) is 5.75 Å². The van der Waals surface area contributed by atoms with Gasteiger partial charge in [-0.25, -0.2) is 0 Å². The number of nitrogens with one attached hydrogen (secondary N) is 1. The van der Waals surface area contributed by atoms with Crippen LogP contribution in [-0.2, 0) is 4.79 Å². The molecule has 0 spiro atoms. The first-order valence-corrected chi connectivity index (χ1v) is 7.42. The summed E-state index contributed by atoms with van der Waals surface area (Å²) in [5.74, 6) is -0.240. The van der Waals surface area contributed by atoms with Crippen molar-refractivity contribution in [1.29, 1.82) is 0 Å². The molecule has 2 aromatic carbocycles. The predicted molar refractivity (Wildman–Crippen MR) is 89.7 cm³/mol. The van der Waals surface area contributed by atoms with Gasteiger partial charge in [0.1, 0.15) is 0 Å². The smallest absolute Gasteiger partial charge is 0.264 e. The molecule has 1 N–H and O–H groups in total. The van der Waals surface area contributed by atoms with E-state index in [2.05, 4.69) is 5.32 Å². The SMILES string of the molecule is CC(=O)c1cccc(NC(=O)c2cccc3c2OCC(=O)N3C)c1. The highest BCUT2D eigenvalue weighted by atomic mass is 16.5. The highest BCUT2D eigenvalue weighted by Crippen LogP contribution is 2.34. The van der Waals surface area contributed by atoms with Gasteiger partial charge >= 0.3 is 0 Å². The highest BCUT2D eigenvalue weighted by molar-refractivity contribution is 6.09. The van der Waals surface area contributed by atoms with E-state index in [4.69, 9.17) is 4.74 Å². The van der Waals surface area contributed by atoms with Crippen molar-refractivity contribution >= 4 is 29.0 Å². The lowest BCUT2D eigenvalue weighted by Crippen LogP contribution is -2.36. The zero-order valence-electron chi connectivity index (χ0n) is 13.3. The summed E-state index contributed by atoms with van der Waals surface area (Å²) in [6.45, 7) is 1.36. The monoisotopic (exact) mass is 324 g/mol. The van der Waals surface area contributed by atoms with E-state index in [1.807, 2.05) is 0 Å². The summed E-state index contributed by atoms with van der Waals surface area (Å²) >= 11 is 0. The van der Waals surface area contributed by atoms with Gasteiger partial charge in [0.15, 0.2) is 18.1 Å². The van der Waals surface area contributed by atoms with E-state index in [0.29, 0.717) is 28.3 Å². The molecule has 0 fully saturated rings. The topological polar surface area (TPSA) is 75.7 Å². The minimum atomic E-state index is -0.365. The van der Waals surface area contributed by atoms with Gasteiger partial charge in [0.05, 0.1) is 11.3 Å². The standard InChI is InChI=1S/C18H16N2O4/c1-11(21)12-5-3-6-13(9-12)19-18(23)14-7-4-8-15-17(14)24-10-16(22)20(15)2/h3-9H,10H2,1-2H3,(H,19,23). The molecule has 0 saturated heterocycles. The van der Waals surface area contributed by atoms with Crippen LogP contribution in [0.4, 0.5) is 11.4 Å². The van der Waals surface area contributed by atoms with Crippen LogP contribution in [-0.4, -0.2) is 31.3 Å². The molecule has 1 aliphatic heterocycles. The van der Waals surface area contributed by atoms with Crippen LogP contribution in [0.3, 0.4) is 0 Å². The second-order valence-electron chi connectivity index (χ2n) is 5.49. The number of Topliss-reactive ketones (excluding diaryl/α,β-unsaturated/α-hetero) is 1. The van der Waals surface area contributed by atoms with Gasteiger partial charge < -0.3 is 15.0 Å². The molecular weight excluding hydrogens is 308 g/mol. The molecule has 6 heteroatoms. The van der Waals surface area contributed by atoms with Crippen molar-refractivity contribution in [2.24, 2.45) is 0 Å². The number of amides is 2. The number of hydrogen-bond donors (Lipinski definition) is 1. The Bertz CT molecular complexity index is 845. The zero-order chi connectivity index (χ0) is 17.3. The predicted octanol–water partition coefficient (Wildman–Crippen LogP) is 2.50. The second-order valence-corrected chi connectivity index (χ2v) is 5.49. The fourth-order valence-electron chi connectivity index (χ4n) is 2.50. The first-order chi connectivity index (χ1) is 11.5. The van der Waals surface area contributed by atoms with E-state index in [-0.39, 0.29) is 24.2 Å². The molecule has 0 unspecified atom stereocenters. The van der Waals surface area contributed by atoms with Crippen LogP contribution in [0.25, 0.3) is 0 Å². The fraction of sp³-hybridized carbons (Fsp3) is 0.167. The van der Waals surface area contributed by atoms with Crippen molar-refractivity contribution in [3.05, 3.63) is 53.6 Å². The number of ketones is 1. The van der Waals surface area contributed by atoms with Gasteiger partial charge in [-0.3, -0.25) is 14.4 Å². The first kappa shape index (κ1) is 15.7. The summed E-state index contributed by atoms with van der Waals surface area (Å²) in [5.41, 5.74) is 1.92. The largest absolute Gasteiger partial charge is 0.481 e. The van der Waals surface area contributed by atoms with Crippen LogP contribution < -0.4 is 15.0 Å². The Morgan fingerprint density at radius 2 is 1.92 bits per heavy atom. The maximum Gasteiger partial charge on any atom is 0.264 e. The Balaban J connectivity index is 1.90. The maximum absolute atomic E-state index is 12.6. The fourth-order valence-corrected chi connectivity index (χ4v) is 2.50. The van der Waals surface area contributed by atoms with Gasteiger partial charge in [-0.15, -0.1) is 0 Å². The van der Waals surface area contributed by atoms with Gasteiger partial charge in [0.2, 0.25) is 0 Å². The molecule has 1 aliphatic rings. The van der Waals surface area contributed by atoms with Crippen LogP contribution in [0.1, 0.15) is 27.6 Å². The van der Waals surface area contributed by atoms with E-state index >= 15 is 0 Å². The molecule has 122 valence electrons. The third-order valence-electron chi connectivity index (χ3n) is 3.84. The maximum atomic E-state index is 12.6. The van der Waals surface area contributed by atoms with Gasteiger partial charge in [-0.1, -0.05) is 18.2 Å². The number of benzene rings is 2. The lowest BCUT2D eigenvalue weighted by Gasteiger charge is -2.27. The number of hydrogen-bond acceptors (Lipinski definition) is 4. The van der Waals surface area contributed by atoms with E-state index < -0.39 is 0 Å². The molecule has 2 amide bonds. The zero-order valence-corrected chi connectivity index (χ0v) is 13.3. The molecule has 0 bridgehead atoms. The summed E-state index contributed by atoms with van der Waals surface area (Å²) in [7, 11) is 1.64. The molecule has 24 heavy (non-hydrogen) atoms. The van der Waals surface area contributed by atoms with Gasteiger partial charge in [-0.2, -0.15) is 0 Å².